The molecule has 86 valence electrons. The fraction of sp³-hybridized carbons (Fsp3) is 0.571. The van der Waals surface area contributed by atoms with Gasteiger partial charge in [0.15, 0.2) is 0 Å². The molecule has 1 N–H and O–H groups in total. The molecule has 16 heavy (non-hydrogen) atoms. The molecule has 3 rings (SSSR count). The second-order valence-electron chi connectivity index (χ2n) is 5.15. The number of hydrogen-bond donors (Lipinski definition) is 1. The number of hydrogen-bond acceptors (Lipinski definition) is 2. The van der Waals surface area contributed by atoms with Gasteiger partial charge in [-0.2, -0.15) is 0 Å². The minimum atomic E-state index is 0.407. The summed E-state index contributed by atoms with van der Waals surface area (Å²) in [6, 6.07) is 6.60. The summed E-state index contributed by atoms with van der Waals surface area (Å²) in [5.41, 5.74) is 2.73. The molecule has 1 fully saturated rings. The lowest BCUT2D eigenvalue weighted by molar-refractivity contribution is 0.156. The molecular formula is C14H19NO. The zero-order chi connectivity index (χ0) is 11.0. The standard InChI is InChI=1S/C14H19NO/c16-14-7-6-11-9-15(10-12(11)8-14)13-4-2-1-3-5-13/h6-8,13,16H,1-5,9-10H2. The van der Waals surface area contributed by atoms with Crippen molar-refractivity contribution in [3.63, 3.8) is 0 Å². The summed E-state index contributed by atoms with van der Waals surface area (Å²) in [7, 11) is 0. The van der Waals surface area contributed by atoms with E-state index >= 15 is 0 Å². The van der Waals surface area contributed by atoms with Gasteiger partial charge in [-0.05, 0) is 36.1 Å². The van der Waals surface area contributed by atoms with Crippen molar-refractivity contribution in [1.82, 2.24) is 4.90 Å². The molecule has 1 aromatic carbocycles. The average Bonchev–Trinajstić information content (AvgIpc) is 2.73. The Morgan fingerprint density at radius 1 is 1.00 bits per heavy atom. The van der Waals surface area contributed by atoms with Crippen molar-refractivity contribution in [3.8, 4) is 5.75 Å². The van der Waals surface area contributed by atoms with Crippen LogP contribution in [0.4, 0.5) is 0 Å². The smallest absolute Gasteiger partial charge is 0.115 e. The van der Waals surface area contributed by atoms with Gasteiger partial charge in [-0.3, -0.25) is 4.90 Å². The fourth-order valence-electron chi connectivity index (χ4n) is 3.11. The molecule has 1 saturated carbocycles. The van der Waals surface area contributed by atoms with Crippen LogP contribution in [0.1, 0.15) is 43.2 Å². The first-order valence-electron chi connectivity index (χ1n) is 6.38. The molecule has 1 aliphatic carbocycles. The molecule has 0 spiro atoms. The van der Waals surface area contributed by atoms with Crippen molar-refractivity contribution in [2.75, 3.05) is 0 Å². The van der Waals surface area contributed by atoms with Crippen LogP contribution < -0.4 is 0 Å². The SMILES string of the molecule is Oc1ccc2c(c1)CN(C1CCCCC1)C2. The maximum Gasteiger partial charge on any atom is 0.115 e. The highest BCUT2D eigenvalue weighted by atomic mass is 16.3. The number of nitrogens with zero attached hydrogens (tertiary/aromatic N) is 1. The molecule has 2 heteroatoms. The van der Waals surface area contributed by atoms with Gasteiger partial charge in [-0.15, -0.1) is 0 Å². The van der Waals surface area contributed by atoms with Crippen LogP contribution in [0.5, 0.6) is 5.75 Å². The normalized spacial score (nSPS) is 22.2. The van der Waals surface area contributed by atoms with E-state index in [2.05, 4.69) is 11.0 Å². The maximum absolute atomic E-state index is 9.47. The molecular weight excluding hydrogens is 198 g/mol. The molecule has 1 aromatic rings. The summed E-state index contributed by atoms with van der Waals surface area (Å²) in [6.07, 6.45) is 6.92. The predicted octanol–water partition coefficient (Wildman–Crippen LogP) is 3.04. The van der Waals surface area contributed by atoms with Crippen LogP contribution in [-0.2, 0) is 13.1 Å². The second kappa shape index (κ2) is 4.10. The zero-order valence-electron chi connectivity index (χ0n) is 9.65. The van der Waals surface area contributed by atoms with E-state index < -0.39 is 0 Å². The lowest BCUT2D eigenvalue weighted by Gasteiger charge is -2.30. The third-order valence-corrected chi connectivity index (χ3v) is 4.03. The number of aromatic hydroxyl groups is 1. The molecule has 2 nitrogen and oxygen atoms in total. The van der Waals surface area contributed by atoms with Crippen LogP contribution in [0.2, 0.25) is 0 Å². The predicted molar refractivity (Wildman–Crippen MR) is 64.2 cm³/mol. The van der Waals surface area contributed by atoms with Gasteiger partial charge in [-0.1, -0.05) is 25.3 Å². The number of phenols is 1. The van der Waals surface area contributed by atoms with Crippen molar-refractivity contribution in [2.45, 2.75) is 51.2 Å². The Kier molecular flexibility index (Phi) is 2.60. The topological polar surface area (TPSA) is 23.5 Å². The number of rotatable bonds is 1. The van der Waals surface area contributed by atoms with Crippen LogP contribution in [0, 0.1) is 0 Å². The third kappa shape index (κ3) is 1.82. The van der Waals surface area contributed by atoms with Crippen molar-refractivity contribution in [3.05, 3.63) is 29.3 Å². The fourth-order valence-corrected chi connectivity index (χ4v) is 3.11. The Hall–Kier alpha value is -1.02. The van der Waals surface area contributed by atoms with E-state index in [1.165, 1.54) is 43.2 Å². The van der Waals surface area contributed by atoms with Gasteiger partial charge in [0.1, 0.15) is 5.75 Å². The number of phenolic OH excluding ortho intramolecular Hbond substituents is 1. The molecule has 0 saturated heterocycles. The van der Waals surface area contributed by atoms with Gasteiger partial charge in [-0.25, -0.2) is 0 Å². The minimum absolute atomic E-state index is 0.407. The summed E-state index contributed by atoms with van der Waals surface area (Å²) in [4.78, 5) is 2.59. The molecule has 1 heterocycles. The minimum Gasteiger partial charge on any atom is -0.508 e. The molecule has 0 atom stereocenters. The number of fused-ring (bicyclic) bond motifs is 1. The Bertz CT molecular complexity index is 382. The maximum atomic E-state index is 9.47. The molecule has 0 aromatic heterocycles. The van der Waals surface area contributed by atoms with E-state index in [1.54, 1.807) is 0 Å². The highest BCUT2D eigenvalue weighted by Gasteiger charge is 2.26. The molecule has 0 unspecified atom stereocenters. The van der Waals surface area contributed by atoms with Gasteiger partial charge in [0.25, 0.3) is 0 Å². The van der Waals surface area contributed by atoms with E-state index in [9.17, 15) is 5.11 Å². The first-order valence-corrected chi connectivity index (χ1v) is 6.38. The van der Waals surface area contributed by atoms with Gasteiger partial charge in [0, 0.05) is 19.1 Å². The van der Waals surface area contributed by atoms with E-state index in [0.29, 0.717) is 5.75 Å². The van der Waals surface area contributed by atoms with Crippen LogP contribution in [-0.4, -0.2) is 16.0 Å². The molecule has 0 radical (unpaired) electrons. The molecule has 1 aliphatic heterocycles. The Morgan fingerprint density at radius 3 is 2.56 bits per heavy atom. The van der Waals surface area contributed by atoms with Gasteiger partial charge >= 0.3 is 0 Å². The lowest BCUT2D eigenvalue weighted by atomic mass is 9.94. The summed E-state index contributed by atoms with van der Waals surface area (Å²) in [5, 5.41) is 9.47. The first-order chi connectivity index (χ1) is 7.83. The van der Waals surface area contributed by atoms with Crippen LogP contribution in [0.3, 0.4) is 0 Å². The Labute approximate surface area is 96.9 Å². The molecule has 2 aliphatic rings. The Balaban J connectivity index is 1.74. The third-order valence-electron chi connectivity index (χ3n) is 4.03. The second-order valence-corrected chi connectivity index (χ2v) is 5.15. The Morgan fingerprint density at radius 2 is 1.75 bits per heavy atom. The average molecular weight is 217 g/mol. The van der Waals surface area contributed by atoms with E-state index in [1.807, 2.05) is 12.1 Å². The van der Waals surface area contributed by atoms with Crippen LogP contribution in [0.25, 0.3) is 0 Å². The highest BCUT2D eigenvalue weighted by Crippen LogP contribution is 2.32. The molecule has 0 bridgehead atoms. The lowest BCUT2D eigenvalue weighted by Crippen LogP contribution is -2.32. The van der Waals surface area contributed by atoms with E-state index in [4.69, 9.17) is 0 Å². The first kappa shape index (κ1) is 10.2. The van der Waals surface area contributed by atoms with Gasteiger partial charge in [0.05, 0.1) is 0 Å². The monoisotopic (exact) mass is 217 g/mol. The van der Waals surface area contributed by atoms with Crippen molar-refractivity contribution >= 4 is 0 Å². The summed E-state index contributed by atoms with van der Waals surface area (Å²) < 4.78 is 0. The highest BCUT2D eigenvalue weighted by molar-refractivity contribution is 5.37. The molecule has 0 amide bonds. The van der Waals surface area contributed by atoms with E-state index in [-0.39, 0.29) is 0 Å². The van der Waals surface area contributed by atoms with Crippen molar-refractivity contribution in [2.24, 2.45) is 0 Å². The number of benzene rings is 1. The zero-order valence-corrected chi connectivity index (χ0v) is 9.65. The van der Waals surface area contributed by atoms with Crippen LogP contribution in [0.15, 0.2) is 18.2 Å². The van der Waals surface area contributed by atoms with Crippen LogP contribution >= 0.6 is 0 Å². The van der Waals surface area contributed by atoms with Crippen molar-refractivity contribution in [1.29, 1.82) is 0 Å². The quantitative estimate of drug-likeness (QED) is 0.781. The summed E-state index contributed by atoms with van der Waals surface area (Å²) in [5.74, 6) is 0.407. The van der Waals surface area contributed by atoms with Crippen molar-refractivity contribution < 1.29 is 5.11 Å². The van der Waals surface area contributed by atoms with Gasteiger partial charge < -0.3 is 5.11 Å². The largest absolute Gasteiger partial charge is 0.508 e. The summed E-state index contributed by atoms with van der Waals surface area (Å²) in [6.45, 7) is 2.12. The van der Waals surface area contributed by atoms with E-state index in [0.717, 1.165) is 19.1 Å². The van der Waals surface area contributed by atoms with Gasteiger partial charge in [0.2, 0.25) is 0 Å². The summed E-state index contributed by atoms with van der Waals surface area (Å²) >= 11 is 0.